The van der Waals surface area contributed by atoms with Crippen molar-refractivity contribution in [3.63, 3.8) is 0 Å². The van der Waals surface area contributed by atoms with Gasteiger partial charge in [0.15, 0.2) is 5.16 Å². The van der Waals surface area contributed by atoms with Gasteiger partial charge in [0.25, 0.3) is 0 Å². The zero-order valence-electron chi connectivity index (χ0n) is 17.4. The third-order valence-electron chi connectivity index (χ3n) is 5.83. The van der Waals surface area contributed by atoms with Crippen molar-refractivity contribution in [2.75, 3.05) is 30.8 Å². The summed E-state index contributed by atoms with van der Waals surface area (Å²) in [4.78, 5) is 16.5. The second kappa shape index (κ2) is 9.14. The van der Waals surface area contributed by atoms with Crippen LogP contribution < -0.4 is 4.90 Å². The fraction of sp³-hybridized carbons (Fsp3) is 0.571. The van der Waals surface area contributed by atoms with Crippen molar-refractivity contribution in [3.05, 3.63) is 34.6 Å². The van der Waals surface area contributed by atoms with Gasteiger partial charge in [0.1, 0.15) is 5.82 Å². The van der Waals surface area contributed by atoms with Crippen LogP contribution in [0.25, 0.3) is 0 Å². The number of halogens is 2. The maximum atomic E-state index is 14.0. The summed E-state index contributed by atoms with van der Waals surface area (Å²) in [6.07, 6.45) is 4.59. The molecule has 0 radical (unpaired) electrons. The standard InChI is InChI=1S/C21H27ClFN5OS/c1-14-8-10-27(11-9-14)20-24-25-21(28(20)15-6-7-15)30-13-19(29)26(2)12-16-17(22)4-3-5-18(16)23/h3-5,14-15H,6-13H2,1-2H3. The molecule has 4 rings (SSSR count). The molecule has 1 aromatic heterocycles. The number of amides is 1. The zero-order valence-corrected chi connectivity index (χ0v) is 18.9. The van der Waals surface area contributed by atoms with Gasteiger partial charge in [0.2, 0.25) is 11.9 Å². The van der Waals surface area contributed by atoms with Gasteiger partial charge in [-0.3, -0.25) is 9.36 Å². The van der Waals surface area contributed by atoms with E-state index < -0.39 is 5.82 Å². The van der Waals surface area contributed by atoms with Crippen molar-refractivity contribution < 1.29 is 9.18 Å². The molecule has 30 heavy (non-hydrogen) atoms. The number of carbonyl (C=O) groups is 1. The number of carbonyl (C=O) groups excluding carboxylic acids is 1. The fourth-order valence-electron chi connectivity index (χ4n) is 3.69. The van der Waals surface area contributed by atoms with E-state index in [0.717, 1.165) is 43.0 Å². The summed E-state index contributed by atoms with van der Waals surface area (Å²) in [5.41, 5.74) is 0.336. The lowest BCUT2D eigenvalue weighted by molar-refractivity contribution is -0.127. The normalized spacial score (nSPS) is 17.4. The Morgan fingerprint density at radius 2 is 2.00 bits per heavy atom. The van der Waals surface area contributed by atoms with Crippen molar-refractivity contribution >= 4 is 35.2 Å². The Labute approximate surface area is 185 Å². The molecule has 2 heterocycles. The van der Waals surface area contributed by atoms with E-state index in [1.165, 1.54) is 35.6 Å². The molecule has 0 spiro atoms. The first-order valence-corrected chi connectivity index (χ1v) is 11.8. The summed E-state index contributed by atoms with van der Waals surface area (Å²) in [6.45, 7) is 4.43. The summed E-state index contributed by atoms with van der Waals surface area (Å²) in [7, 11) is 1.66. The van der Waals surface area contributed by atoms with Crippen LogP contribution in [0.5, 0.6) is 0 Å². The number of nitrogens with zero attached hydrogens (tertiary/aromatic N) is 5. The smallest absolute Gasteiger partial charge is 0.233 e. The summed E-state index contributed by atoms with van der Waals surface area (Å²) in [5.74, 6) is 1.42. The summed E-state index contributed by atoms with van der Waals surface area (Å²) >= 11 is 7.49. The largest absolute Gasteiger partial charge is 0.341 e. The van der Waals surface area contributed by atoms with Crippen LogP contribution in [0.4, 0.5) is 10.3 Å². The number of rotatable bonds is 7. The van der Waals surface area contributed by atoms with Crippen LogP contribution in [0.2, 0.25) is 5.02 Å². The van der Waals surface area contributed by atoms with Gasteiger partial charge in [0.05, 0.1) is 5.75 Å². The Morgan fingerprint density at radius 1 is 1.27 bits per heavy atom. The van der Waals surface area contributed by atoms with Gasteiger partial charge in [0, 0.05) is 43.3 Å². The quantitative estimate of drug-likeness (QED) is 0.584. The third-order valence-corrected chi connectivity index (χ3v) is 7.11. The van der Waals surface area contributed by atoms with E-state index >= 15 is 0 Å². The topological polar surface area (TPSA) is 54.3 Å². The molecule has 1 amide bonds. The molecule has 9 heteroatoms. The van der Waals surface area contributed by atoms with Gasteiger partial charge in [-0.1, -0.05) is 36.4 Å². The highest BCUT2D eigenvalue weighted by atomic mass is 35.5. The molecule has 2 aliphatic rings. The first-order chi connectivity index (χ1) is 14.4. The molecule has 1 aliphatic heterocycles. The molecule has 0 unspecified atom stereocenters. The first-order valence-electron chi connectivity index (χ1n) is 10.4. The van der Waals surface area contributed by atoms with Gasteiger partial charge in [-0.15, -0.1) is 10.2 Å². The molecule has 1 saturated carbocycles. The van der Waals surface area contributed by atoms with Crippen molar-refractivity contribution in [3.8, 4) is 0 Å². The lowest BCUT2D eigenvalue weighted by Gasteiger charge is -2.31. The first kappa shape index (κ1) is 21.4. The number of aromatic nitrogens is 3. The van der Waals surface area contributed by atoms with Crippen molar-refractivity contribution in [1.82, 2.24) is 19.7 Å². The van der Waals surface area contributed by atoms with Crippen LogP contribution in [0, 0.1) is 11.7 Å². The lowest BCUT2D eigenvalue weighted by atomic mass is 10.00. The van der Waals surface area contributed by atoms with Crippen LogP contribution in [-0.2, 0) is 11.3 Å². The molecule has 0 atom stereocenters. The number of benzene rings is 1. The molecule has 6 nitrogen and oxygen atoms in total. The monoisotopic (exact) mass is 451 g/mol. The summed E-state index contributed by atoms with van der Waals surface area (Å²) < 4.78 is 16.2. The second-order valence-corrected chi connectivity index (χ2v) is 9.64. The van der Waals surface area contributed by atoms with Crippen LogP contribution in [0.1, 0.15) is 44.2 Å². The Morgan fingerprint density at radius 3 is 2.67 bits per heavy atom. The van der Waals surface area contributed by atoms with E-state index in [4.69, 9.17) is 11.6 Å². The average Bonchev–Trinajstić information content (AvgIpc) is 3.48. The number of thioether (sulfide) groups is 1. The molecule has 0 bridgehead atoms. The minimum Gasteiger partial charge on any atom is -0.341 e. The molecular weight excluding hydrogens is 425 g/mol. The summed E-state index contributed by atoms with van der Waals surface area (Å²) in [5, 5.41) is 9.98. The fourth-order valence-corrected chi connectivity index (χ4v) is 4.85. The molecule has 0 N–H and O–H groups in total. The van der Waals surface area contributed by atoms with E-state index in [0.29, 0.717) is 16.6 Å². The molecule has 162 valence electrons. The van der Waals surface area contributed by atoms with Gasteiger partial charge >= 0.3 is 0 Å². The number of anilines is 1. The molecule has 1 aliphatic carbocycles. The Balaban J connectivity index is 1.40. The third kappa shape index (κ3) is 4.75. The van der Waals surface area contributed by atoms with Crippen LogP contribution in [0.3, 0.4) is 0 Å². The molecule has 1 saturated heterocycles. The number of hydrogen-bond acceptors (Lipinski definition) is 5. The Hall–Kier alpha value is -1.80. The Bertz CT molecular complexity index is 891. The predicted octanol–water partition coefficient (Wildman–Crippen LogP) is 4.39. The minimum absolute atomic E-state index is 0.0991. The van der Waals surface area contributed by atoms with E-state index in [1.54, 1.807) is 19.2 Å². The van der Waals surface area contributed by atoms with E-state index in [1.807, 2.05) is 0 Å². The molecule has 2 fully saturated rings. The van der Waals surface area contributed by atoms with Crippen molar-refractivity contribution in [1.29, 1.82) is 0 Å². The van der Waals surface area contributed by atoms with Crippen molar-refractivity contribution in [2.24, 2.45) is 5.92 Å². The van der Waals surface area contributed by atoms with E-state index in [9.17, 15) is 9.18 Å². The molecule has 2 aromatic rings. The predicted molar refractivity (Wildman–Crippen MR) is 118 cm³/mol. The van der Waals surface area contributed by atoms with Gasteiger partial charge in [-0.25, -0.2) is 4.39 Å². The van der Waals surface area contributed by atoms with E-state index in [-0.39, 0.29) is 18.2 Å². The van der Waals surface area contributed by atoms with Crippen molar-refractivity contribution in [2.45, 2.75) is 50.4 Å². The second-order valence-electron chi connectivity index (χ2n) is 8.29. The summed E-state index contributed by atoms with van der Waals surface area (Å²) in [6, 6.07) is 4.98. The highest BCUT2D eigenvalue weighted by molar-refractivity contribution is 7.99. The van der Waals surface area contributed by atoms with Gasteiger partial charge in [-0.05, 0) is 43.7 Å². The average molecular weight is 452 g/mol. The van der Waals surface area contributed by atoms with Crippen LogP contribution in [-0.4, -0.2) is 51.5 Å². The van der Waals surface area contributed by atoms with Crippen LogP contribution in [0.15, 0.2) is 23.4 Å². The van der Waals surface area contributed by atoms with E-state index in [2.05, 4.69) is 26.6 Å². The van der Waals surface area contributed by atoms with Gasteiger partial charge < -0.3 is 9.80 Å². The number of hydrogen-bond donors (Lipinski definition) is 0. The van der Waals surface area contributed by atoms with Gasteiger partial charge in [-0.2, -0.15) is 0 Å². The number of piperidine rings is 1. The highest BCUT2D eigenvalue weighted by Gasteiger charge is 2.32. The Kier molecular flexibility index (Phi) is 6.53. The molecular formula is C21H27ClFN5OS. The zero-order chi connectivity index (χ0) is 21.3. The maximum absolute atomic E-state index is 14.0. The maximum Gasteiger partial charge on any atom is 0.233 e. The minimum atomic E-state index is -0.399. The molecule has 1 aromatic carbocycles. The lowest BCUT2D eigenvalue weighted by Crippen LogP contribution is -2.34. The highest BCUT2D eigenvalue weighted by Crippen LogP contribution is 2.41. The van der Waals surface area contributed by atoms with Crippen LogP contribution >= 0.6 is 23.4 Å². The SMILES string of the molecule is CC1CCN(c2nnc(SCC(=O)N(C)Cc3c(F)cccc3Cl)n2C2CC2)CC1.